The summed E-state index contributed by atoms with van der Waals surface area (Å²) in [5.41, 5.74) is 15.8. The average molecular weight is 366 g/mol. The fraction of sp³-hybridized carbons (Fsp3) is 0.333. The fourth-order valence-electron chi connectivity index (χ4n) is 3.04. The van der Waals surface area contributed by atoms with Gasteiger partial charge < -0.3 is 39.6 Å². The molecule has 0 saturated carbocycles. The predicted molar refractivity (Wildman–Crippen MR) is 101 cm³/mol. The summed E-state index contributed by atoms with van der Waals surface area (Å²) in [4.78, 5) is 3.91. The molecule has 3 rings (SSSR count). The third kappa shape index (κ3) is 5.79. The number of nitrogens with zero attached hydrogens (tertiary/aromatic N) is 1. The van der Waals surface area contributed by atoms with Crippen LogP contribution in [0.25, 0.3) is 0 Å². The average Bonchev–Trinajstić information content (AvgIpc) is 2.68. The van der Waals surface area contributed by atoms with E-state index in [1.54, 1.807) is 0 Å². The highest BCUT2D eigenvalue weighted by Crippen LogP contribution is 2.15. The number of anilines is 3. The molecule has 2 aromatic carbocycles. The number of quaternary nitrogens is 1. The van der Waals surface area contributed by atoms with E-state index < -0.39 is 0 Å². The largest absolute Gasteiger partial charge is 1.00 e. The lowest BCUT2D eigenvalue weighted by Gasteiger charge is -2.25. The highest BCUT2D eigenvalue weighted by Gasteiger charge is 2.16. The molecule has 2 aromatic rings. The van der Waals surface area contributed by atoms with Gasteiger partial charge in [0.05, 0.1) is 19.6 Å². The summed E-state index contributed by atoms with van der Waals surface area (Å²) < 4.78 is 0. The number of nitrogen functional groups attached to an aromatic ring is 2. The van der Waals surface area contributed by atoms with Crippen LogP contribution in [0.1, 0.15) is 0 Å². The summed E-state index contributed by atoms with van der Waals surface area (Å²) in [6.45, 7) is 6.20. The van der Waals surface area contributed by atoms with Gasteiger partial charge in [0.2, 0.25) is 0 Å². The minimum absolute atomic E-state index is 0. The van der Waals surface area contributed by atoms with E-state index in [1.165, 1.54) is 16.3 Å². The molecule has 0 radical (unpaired) electrons. The Morgan fingerprint density at radius 2 is 1.40 bits per heavy atom. The Labute approximate surface area is 155 Å². The summed E-state index contributed by atoms with van der Waals surface area (Å²) in [5, 5.41) is 3.54. The Balaban J connectivity index is 0.00000156. The van der Waals surface area contributed by atoms with Crippen molar-refractivity contribution in [1.82, 2.24) is 5.32 Å². The van der Waals surface area contributed by atoms with Crippen LogP contribution in [0.5, 0.6) is 0 Å². The number of nitrogens with one attached hydrogen (secondary N) is 2. The van der Waals surface area contributed by atoms with Gasteiger partial charge in [-0.15, -0.1) is 0 Å². The van der Waals surface area contributed by atoms with Crippen LogP contribution in [0.2, 0.25) is 0 Å². The fourth-order valence-corrected chi connectivity index (χ4v) is 3.04. The maximum atomic E-state index is 5.81. The Hall–Kier alpha value is -1.99. The molecule has 0 aromatic heterocycles. The molecule has 1 unspecified atom stereocenters. The second-order valence-corrected chi connectivity index (χ2v) is 6.05. The second kappa shape index (κ2) is 10.1. The Kier molecular flexibility index (Phi) is 8.51. The van der Waals surface area contributed by atoms with Crippen molar-refractivity contribution in [3.8, 4) is 0 Å². The van der Waals surface area contributed by atoms with Crippen molar-refractivity contribution >= 4 is 22.7 Å². The first-order valence-corrected chi connectivity index (χ1v) is 8.24. The summed E-state index contributed by atoms with van der Waals surface area (Å²) in [6.07, 6.45) is 0. The van der Waals surface area contributed by atoms with Crippen LogP contribution < -0.4 is 39.0 Å². The smallest absolute Gasteiger partial charge is 0.131 e. The molecule has 138 valence electrons. The molecular formula is C18H28ClN5O. The number of nitrogens with two attached hydrogens (primary N) is 2. The number of hydrogen-bond acceptors (Lipinski definition) is 4. The maximum Gasteiger partial charge on any atom is 0.131 e. The van der Waals surface area contributed by atoms with E-state index >= 15 is 0 Å². The van der Waals surface area contributed by atoms with Crippen LogP contribution >= 0.6 is 0 Å². The van der Waals surface area contributed by atoms with E-state index in [0.717, 1.165) is 50.6 Å². The standard InChI is InChI=1S/C18H25N5.ClH.H2O/c19-15-1-5-17(6-2-15)22-11-9-21-10-12-23(14-13-22)18-7-3-16(20)4-8-18;;/h1-8,21H,9-14,19-20H2;1H;1H2. The Bertz CT molecular complexity index is 565. The third-order valence-electron chi connectivity index (χ3n) is 4.42. The van der Waals surface area contributed by atoms with E-state index in [-0.39, 0.29) is 17.9 Å². The van der Waals surface area contributed by atoms with Crippen LogP contribution in [-0.4, -0.2) is 44.7 Å². The van der Waals surface area contributed by atoms with Gasteiger partial charge in [0.15, 0.2) is 0 Å². The molecule has 1 atom stereocenters. The first-order valence-electron chi connectivity index (χ1n) is 8.24. The first kappa shape index (κ1) is 21.1. The summed E-state index contributed by atoms with van der Waals surface area (Å²) in [7, 11) is 0. The van der Waals surface area contributed by atoms with E-state index in [4.69, 9.17) is 11.5 Å². The molecule has 1 aliphatic rings. The normalized spacial score (nSPS) is 18.1. The summed E-state index contributed by atoms with van der Waals surface area (Å²) in [5.74, 6) is 0. The van der Waals surface area contributed by atoms with Gasteiger partial charge in [-0.25, -0.2) is 0 Å². The van der Waals surface area contributed by atoms with E-state index in [0.29, 0.717) is 0 Å². The molecule has 1 heterocycles. The molecule has 0 aliphatic carbocycles. The molecule has 0 bridgehead atoms. The van der Waals surface area contributed by atoms with Crippen molar-refractivity contribution in [2.75, 3.05) is 55.6 Å². The second-order valence-electron chi connectivity index (χ2n) is 6.05. The van der Waals surface area contributed by atoms with E-state index in [9.17, 15) is 0 Å². The van der Waals surface area contributed by atoms with Crippen LogP contribution in [0.4, 0.5) is 22.7 Å². The van der Waals surface area contributed by atoms with Crippen molar-refractivity contribution in [3.63, 3.8) is 0 Å². The zero-order valence-electron chi connectivity index (χ0n) is 14.3. The van der Waals surface area contributed by atoms with E-state index in [2.05, 4.69) is 34.5 Å². The van der Waals surface area contributed by atoms with Gasteiger partial charge in [-0.1, -0.05) is 0 Å². The molecule has 0 spiro atoms. The van der Waals surface area contributed by atoms with Gasteiger partial charge in [0.25, 0.3) is 0 Å². The number of hydrogen-bond donors (Lipinski definition) is 4. The van der Waals surface area contributed by atoms with Gasteiger partial charge >= 0.3 is 0 Å². The van der Waals surface area contributed by atoms with Crippen molar-refractivity contribution < 1.29 is 22.8 Å². The molecule has 1 aliphatic heterocycles. The van der Waals surface area contributed by atoms with Gasteiger partial charge in [-0.05, 0) is 36.4 Å². The van der Waals surface area contributed by atoms with Gasteiger partial charge in [-0.3, -0.25) is 4.90 Å². The molecule has 1 fully saturated rings. The zero-order valence-corrected chi connectivity index (χ0v) is 15.1. The highest BCUT2D eigenvalue weighted by molar-refractivity contribution is 5.53. The third-order valence-corrected chi connectivity index (χ3v) is 4.42. The van der Waals surface area contributed by atoms with Crippen molar-refractivity contribution in [2.45, 2.75) is 0 Å². The monoisotopic (exact) mass is 365 g/mol. The molecule has 25 heavy (non-hydrogen) atoms. The number of rotatable bonds is 2. The van der Waals surface area contributed by atoms with Gasteiger partial charge in [0.1, 0.15) is 5.69 Å². The molecular weight excluding hydrogens is 338 g/mol. The Morgan fingerprint density at radius 3 is 2.04 bits per heavy atom. The molecule has 6 nitrogen and oxygen atoms in total. The van der Waals surface area contributed by atoms with Crippen LogP contribution in [-0.2, 0) is 0 Å². The Morgan fingerprint density at radius 1 is 0.800 bits per heavy atom. The molecule has 7 heteroatoms. The lowest BCUT2D eigenvalue weighted by atomic mass is 10.2. The molecule has 8 N–H and O–H groups in total. The highest BCUT2D eigenvalue weighted by atomic mass is 35.5. The lowest BCUT2D eigenvalue weighted by molar-refractivity contribution is -0.829. The quantitative estimate of drug-likeness (QED) is 0.418. The SMILES string of the molecule is Nc1ccc(N2CCNCC[NH+](c3ccc(N)cc3)CC2)cc1.O.[Cl-]. The molecule has 1 saturated heterocycles. The van der Waals surface area contributed by atoms with Gasteiger partial charge in [0, 0.05) is 48.8 Å². The van der Waals surface area contributed by atoms with Crippen molar-refractivity contribution in [3.05, 3.63) is 48.5 Å². The first-order chi connectivity index (χ1) is 11.2. The number of halogens is 1. The minimum atomic E-state index is 0. The molecule has 0 amide bonds. The predicted octanol–water partition coefficient (Wildman–Crippen LogP) is -3.34. The van der Waals surface area contributed by atoms with Crippen molar-refractivity contribution in [1.29, 1.82) is 0 Å². The zero-order chi connectivity index (χ0) is 16.1. The van der Waals surface area contributed by atoms with Gasteiger partial charge in [-0.2, -0.15) is 0 Å². The van der Waals surface area contributed by atoms with E-state index in [1.807, 2.05) is 24.3 Å². The van der Waals surface area contributed by atoms with Crippen LogP contribution in [0.3, 0.4) is 0 Å². The maximum absolute atomic E-state index is 5.81. The lowest BCUT2D eigenvalue weighted by Crippen LogP contribution is -3.08. The summed E-state index contributed by atoms with van der Waals surface area (Å²) in [6, 6.07) is 16.4. The van der Waals surface area contributed by atoms with Crippen LogP contribution in [0.15, 0.2) is 48.5 Å². The summed E-state index contributed by atoms with van der Waals surface area (Å²) >= 11 is 0. The number of benzene rings is 2. The van der Waals surface area contributed by atoms with Crippen molar-refractivity contribution in [2.24, 2.45) is 0 Å². The topological polar surface area (TPSA) is 103 Å². The van der Waals surface area contributed by atoms with Crippen LogP contribution in [0, 0.1) is 0 Å². The minimum Gasteiger partial charge on any atom is -1.00 e.